The number of hydrogen-bond acceptors (Lipinski definition) is 5. The van der Waals surface area contributed by atoms with E-state index < -0.39 is 0 Å². The molecule has 1 unspecified atom stereocenters. The number of allylic oxidation sites excluding steroid dienone is 3. The predicted molar refractivity (Wildman–Crippen MR) is 106 cm³/mol. The minimum Gasteiger partial charge on any atom is -0.384 e. The highest BCUT2D eigenvalue weighted by atomic mass is 16.2. The number of hydrazone groups is 1. The zero-order valence-corrected chi connectivity index (χ0v) is 16.4. The van der Waals surface area contributed by atoms with E-state index in [-0.39, 0.29) is 18.7 Å². The summed E-state index contributed by atoms with van der Waals surface area (Å²) in [5, 5.41) is 16.7. The molecule has 0 aliphatic carbocycles. The maximum atomic E-state index is 12.1. The van der Waals surface area contributed by atoms with E-state index in [1.165, 1.54) is 0 Å². The van der Waals surface area contributed by atoms with Gasteiger partial charge in [-0.2, -0.15) is 5.10 Å². The molecule has 138 valence electrons. The zero-order chi connectivity index (χ0) is 19.4. The van der Waals surface area contributed by atoms with Crippen molar-refractivity contribution in [3.05, 3.63) is 35.2 Å². The first-order valence-electron chi connectivity index (χ1n) is 9.15. The van der Waals surface area contributed by atoms with Gasteiger partial charge in [-0.25, -0.2) is 10.7 Å². The summed E-state index contributed by atoms with van der Waals surface area (Å²) >= 11 is 0. The molecule has 1 saturated heterocycles. The topological polar surface area (TPSA) is 80.5 Å². The molecule has 2 aliphatic heterocycles. The molecule has 2 heterocycles. The van der Waals surface area contributed by atoms with Gasteiger partial charge in [-0.05, 0) is 52.0 Å². The Labute approximate surface area is 156 Å². The first kappa shape index (κ1) is 19.8. The number of nitrogens with zero attached hydrogens (tertiary/aromatic N) is 3. The van der Waals surface area contributed by atoms with Crippen molar-refractivity contribution < 1.29 is 4.79 Å². The van der Waals surface area contributed by atoms with Gasteiger partial charge in [0.05, 0.1) is 0 Å². The molecule has 0 spiro atoms. The smallest absolute Gasteiger partial charge is 0.271 e. The van der Waals surface area contributed by atoms with E-state index in [0.717, 1.165) is 41.0 Å². The molecule has 2 N–H and O–H groups in total. The van der Waals surface area contributed by atoms with Gasteiger partial charge in [-0.1, -0.05) is 19.1 Å². The van der Waals surface area contributed by atoms with Gasteiger partial charge in [-0.3, -0.25) is 4.79 Å². The second kappa shape index (κ2) is 8.26. The average Bonchev–Trinajstić information content (AvgIpc) is 2.55. The molecule has 6 nitrogen and oxygen atoms in total. The van der Waals surface area contributed by atoms with Crippen molar-refractivity contribution in [1.29, 1.82) is 5.26 Å². The lowest BCUT2D eigenvalue weighted by Gasteiger charge is -2.36. The van der Waals surface area contributed by atoms with Crippen molar-refractivity contribution in [2.75, 3.05) is 0 Å². The van der Waals surface area contributed by atoms with Crippen LogP contribution in [0.15, 0.2) is 40.3 Å². The predicted octanol–water partition coefficient (Wildman–Crippen LogP) is 2.81. The highest BCUT2D eigenvalue weighted by Crippen LogP contribution is 2.26. The second-order valence-corrected chi connectivity index (χ2v) is 7.27. The molecule has 0 bridgehead atoms. The van der Waals surface area contributed by atoms with Crippen LogP contribution in [0.4, 0.5) is 0 Å². The monoisotopic (exact) mass is 353 g/mol. The van der Waals surface area contributed by atoms with E-state index in [0.29, 0.717) is 12.5 Å². The first-order chi connectivity index (χ1) is 12.3. The van der Waals surface area contributed by atoms with Gasteiger partial charge in [0.1, 0.15) is 11.9 Å². The molecule has 0 saturated carbocycles. The van der Waals surface area contributed by atoms with Crippen LogP contribution >= 0.6 is 0 Å². The first-order valence-corrected chi connectivity index (χ1v) is 9.15. The molecule has 7 heteroatoms. The molecule has 2 aliphatic rings. The molecule has 0 aromatic heterocycles. The van der Waals surface area contributed by atoms with E-state index >= 15 is 0 Å². The van der Waals surface area contributed by atoms with Crippen LogP contribution in [-0.4, -0.2) is 35.4 Å². The van der Waals surface area contributed by atoms with Crippen LogP contribution in [0.3, 0.4) is 0 Å². The fourth-order valence-corrected chi connectivity index (χ4v) is 3.13. The van der Waals surface area contributed by atoms with Crippen molar-refractivity contribution in [3.8, 4) is 5.97 Å². The van der Waals surface area contributed by atoms with Crippen molar-refractivity contribution in [1.82, 2.24) is 15.6 Å². The van der Waals surface area contributed by atoms with Crippen LogP contribution in [0, 0.1) is 11.2 Å². The Kier molecular flexibility index (Phi) is 6.30. The number of carbonyl (C=O) groups excluding carboxylic acids is 1. The Bertz CT molecular complexity index is 721. The maximum Gasteiger partial charge on any atom is 0.271 e. The third-order valence-electron chi connectivity index (χ3n) is 4.85. The van der Waals surface area contributed by atoms with Crippen LogP contribution < -0.4 is 10.7 Å². The van der Waals surface area contributed by atoms with Gasteiger partial charge in [0.25, 0.3) is 12.6 Å². The van der Waals surface area contributed by atoms with Gasteiger partial charge < -0.3 is 10.2 Å². The number of nitrogens with one attached hydrogen (secondary N) is 2. The average molecular weight is 353 g/mol. The summed E-state index contributed by atoms with van der Waals surface area (Å²) < 4.78 is 0. The second-order valence-electron chi connectivity index (χ2n) is 7.27. The van der Waals surface area contributed by atoms with Crippen molar-refractivity contribution >= 4 is 18.5 Å². The van der Waals surface area contributed by atoms with E-state index in [1.807, 2.05) is 25.7 Å². The number of amides is 1. The number of rotatable bonds is 6. The maximum absolute atomic E-state index is 12.1. The Morgan fingerprint density at radius 1 is 1.50 bits per heavy atom. The summed E-state index contributed by atoms with van der Waals surface area (Å²) in [4.78, 5) is 14.1. The highest BCUT2D eigenvalue weighted by molar-refractivity contribution is 6.70. The van der Waals surface area contributed by atoms with Crippen LogP contribution in [0.5, 0.6) is 0 Å². The summed E-state index contributed by atoms with van der Waals surface area (Å²) in [6, 6.07) is -0.0379. The Morgan fingerprint density at radius 3 is 2.65 bits per heavy atom. The van der Waals surface area contributed by atoms with Crippen molar-refractivity contribution in [2.24, 2.45) is 5.10 Å². The Hall–Kier alpha value is -2.49. The van der Waals surface area contributed by atoms with Gasteiger partial charge in [0, 0.05) is 29.8 Å². The number of nitriles is 1. The molecule has 1 fully saturated rings. The minimum absolute atomic E-state index is 0.128. The molecule has 1 atom stereocenters. The van der Waals surface area contributed by atoms with Gasteiger partial charge in [0.15, 0.2) is 0 Å². The van der Waals surface area contributed by atoms with Gasteiger partial charge in [-0.15, -0.1) is 0 Å². The number of carbonyl (C=O) groups is 1. The Balaban J connectivity index is 2.34. The molecule has 1 amide bonds. The minimum atomic E-state index is -0.351. The third kappa shape index (κ3) is 4.19. The largest absolute Gasteiger partial charge is 0.384 e. The molecule has 0 aromatic rings. The lowest BCUT2D eigenvalue weighted by Crippen LogP contribution is -2.51. The van der Waals surface area contributed by atoms with Crippen LogP contribution in [0.2, 0.25) is 12.6 Å². The summed E-state index contributed by atoms with van der Waals surface area (Å²) in [6.45, 7) is 14.2. The molecule has 0 aromatic carbocycles. The molecule has 2 rings (SSSR count). The zero-order valence-electron chi connectivity index (χ0n) is 16.4. The molecular formula is C19H28BN5O. The van der Waals surface area contributed by atoms with Crippen LogP contribution in [0.25, 0.3) is 0 Å². The molecular weight excluding hydrogens is 325 g/mol. The summed E-state index contributed by atoms with van der Waals surface area (Å²) in [6.07, 6.45) is 4.50. The normalized spacial score (nSPS) is 20.6. The molecule has 0 radical (unpaired) electrons. The van der Waals surface area contributed by atoms with E-state index in [2.05, 4.69) is 48.3 Å². The lowest BCUT2D eigenvalue weighted by molar-refractivity contribution is -0.124. The van der Waals surface area contributed by atoms with Gasteiger partial charge >= 0.3 is 0 Å². The third-order valence-corrected chi connectivity index (χ3v) is 4.85. The standard InChI is InChI=1S/C19H28BN5O/c1-7-18-23-24-19(26)14(6)25(18)17(13(4)5)8-16(12(2)3)22-15-9-20(10-15)11-21/h8,14-15,22H,4,7,9-10H2,1-3,5-6H3,(H,24,26)/b17-8+. The van der Waals surface area contributed by atoms with Gasteiger partial charge in [0.2, 0.25) is 0 Å². The fourth-order valence-electron chi connectivity index (χ4n) is 3.13. The SMILES string of the molecule is C=C(C)/C(=C\C(NC1CB(C#N)C1)=C(C)C)N1C(CC)=NNC(=O)C1C. The Morgan fingerprint density at radius 2 is 2.15 bits per heavy atom. The molecule has 26 heavy (non-hydrogen) atoms. The highest BCUT2D eigenvalue weighted by Gasteiger charge is 2.34. The van der Waals surface area contributed by atoms with Crippen molar-refractivity contribution in [3.63, 3.8) is 0 Å². The quantitative estimate of drug-likeness (QED) is 0.568. The number of amidine groups is 1. The summed E-state index contributed by atoms with van der Waals surface area (Å²) in [5.41, 5.74) is 6.50. The summed E-state index contributed by atoms with van der Waals surface area (Å²) in [7, 11) is 0. The van der Waals surface area contributed by atoms with E-state index in [1.54, 1.807) is 0 Å². The summed E-state index contributed by atoms with van der Waals surface area (Å²) in [5.74, 6) is 3.00. The van der Waals surface area contributed by atoms with Crippen LogP contribution in [0.1, 0.15) is 41.0 Å². The van der Waals surface area contributed by atoms with E-state index in [4.69, 9.17) is 5.26 Å². The van der Waals surface area contributed by atoms with E-state index in [9.17, 15) is 4.79 Å². The number of hydrogen-bond donors (Lipinski definition) is 2. The van der Waals surface area contributed by atoms with Crippen molar-refractivity contribution in [2.45, 2.75) is 65.8 Å². The lowest BCUT2D eigenvalue weighted by atomic mass is 9.34. The van der Waals surface area contributed by atoms with Crippen LogP contribution in [-0.2, 0) is 4.79 Å². The fraction of sp³-hybridized carbons (Fsp3) is 0.526.